The van der Waals surface area contributed by atoms with Crippen molar-refractivity contribution in [3.05, 3.63) is 0 Å². The lowest BCUT2D eigenvalue weighted by Crippen LogP contribution is -1.93. The Morgan fingerprint density at radius 2 is 1.30 bits per heavy atom. The summed E-state index contributed by atoms with van der Waals surface area (Å²) in [5.74, 6) is 5.94. The summed E-state index contributed by atoms with van der Waals surface area (Å²) in [5.41, 5.74) is 0. The summed E-state index contributed by atoms with van der Waals surface area (Å²) in [7, 11) is 0. The van der Waals surface area contributed by atoms with Crippen LogP contribution in [0.2, 0.25) is 0 Å². The van der Waals surface area contributed by atoms with Crippen molar-refractivity contribution < 1.29 is 9.90 Å². The molecule has 3 rings (SSSR count). The highest BCUT2D eigenvalue weighted by atomic mass is 16.4. The van der Waals surface area contributed by atoms with Gasteiger partial charge in [-0.05, 0) is 74.0 Å². The van der Waals surface area contributed by atoms with E-state index < -0.39 is 5.97 Å². The number of rotatable bonds is 13. The third-order valence-electron chi connectivity index (χ3n) is 6.91. The van der Waals surface area contributed by atoms with E-state index in [0.717, 1.165) is 48.3 Å². The van der Waals surface area contributed by atoms with E-state index in [1.807, 2.05) is 0 Å². The Labute approximate surface area is 142 Å². The third kappa shape index (κ3) is 5.80. The highest BCUT2D eigenvalue weighted by Crippen LogP contribution is 2.58. The average Bonchev–Trinajstić information content (AvgIpc) is 3.40. The molecular weight excluding hydrogens is 284 g/mol. The van der Waals surface area contributed by atoms with E-state index in [4.69, 9.17) is 5.11 Å². The van der Waals surface area contributed by atoms with Gasteiger partial charge in [0.1, 0.15) is 0 Å². The van der Waals surface area contributed by atoms with Gasteiger partial charge in [-0.2, -0.15) is 0 Å². The number of aliphatic carboxylic acids is 1. The molecule has 0 aromatic heterocycles. The second-order valence-electron chi connectivity index (χ2n) is 8.85. The number of carbonyl (C=O) groups is 1. The molecule has 0 spiro atoms. The molecule has 23 heavy (non-hydrogen) atoms. The number of hydrogen-bond donors (Lipinski definition) is 1. The van der Waals surface area contributed by atoms with Gasteiger partial charge in [-0.1, -0.05) is 45.4 Å². The van der Waals surface area contributed by atoms with E-state index >= 15 is 0 Å². The molecule has 0 aromatic rings. The number of unbranched alkanes of at least 4 members (excludes halogenated alkanes) is 4. The van der Waals surface area contributed by atoms with Crippen molar-refractivity contribution in [2.45, 2.75) is 90.4 Å². The predicted octanol–water partition coefficient (Wildman–Crippen LogP) is 5.90. The Morgan fingerprint density at radius 1 is 0.783 bits per heavy atom. The molecule has 132 valence electrons. The molecule has 3 unspecified atom stereocenters. The van der Waals surface area contributed by atoms with Crippen LogP contribution in [0.15, 0.2) is 0 Å². The van der Waals surface area contributed by atoms with E-state index in [0.29, 0.717) is 6.42 Å². The second-order valence-corrected chi connectivity index (χ2v) is 8.85. The largest absolute Gasteiger partial charge is 0.481 e. The first-order valence-corrected chi connectivity index (χ1v) is 10.4. The van der Waals surface area contributed by atoms with Crippen LogP contribution >= 0.6 is 0 Å². The first kappa shape index (κ1) is 17.3. The number of carboxylic acid groups (broad SMARTS) is 1. The summed E-state index contributed by atoms with van der Waals surface area (Å²) in [6.45, 7) is 2.36. The smallest absolute Gasteiger partial charge is 0.303 e. The fraction of sp³-hybridized carbons (Fsp3) is 0.952. The zero-order valence-corrected chi connectivity index (χ0v) is 15.0. The van der Waals surface area contributed by atoms with Crippen LogP contribution in [0.1, 0.15) is 90.4 Å². The Morgan fingerprint density at radius 3 is 1.96 bits per heavy atom. The van der Waals surface area contributed by atoms with Crippen LogP contribution in [0, 0.1) is 35.5 Å². The fourth-order valence-electron chi connectivity index (χ4n) is 4.93. The first-order valence-electron chi connectivity index (χ1n) is 10.4. The molecule has 2 heteroatoms. The summed E-state index contributed by atoms with van der Waals surface area (Å²) in [5, 5.41) is 8.60. The van der Waals surface area contributed by atoms with Crippen LogP contribution in [0.25, 0.3) is 0 Å². The van der Waals surface area contributed by atoms with E-state index in [1.165, 1.54) is 44.9 Å². The second kappa shape index (κ2) is 8.03. The van der Waals surface area contributed by atoms with Crippen molar-refractivity contribution in [2.24, 2.45) is 35.5 Å². The minimum absolute atomic E-state index is 0.354. The van der Waals surface area contributed by atoms with E-state index in [9.17, 15) is 4.79 Å². The van der Waals surface area contributed by atoms with E-state index in [1.54, 1.807) is 19.3 Å². The van der Waals surface area contributed by atoms with Gasteiger partial charge >= 0.3 is 5.97 Å². The van der Waals surface area contributed by atoms with Crippen LogP contribution in [-0.2, 0) is 4.79 Å². The molecule has 3 fully saturated rings. The number of hydrogen-bond acceptors (Lipinski definition) is 1. The van der Waals surface area contributed by atoms with Crippen LogP contribution in [0.3, 0.4) is 0 Å². The molecule has 0 radical (unpaired) electrons. The molecule has 3 aliphatic rings. The molecule has 3 saturated carbocycles. The lowest BCUT2D eigenvalue weighted by Gasteiger charge is -2.02. The van der Waals surface area contributed by atoms with Gasteiger partial charge in [0.05, 0.1) is 0 Å². The van der Waals surface area contributed by atoms with Gasteiger partial charge in [0, 0.05) is 6.42 Å². The average molecular weight is 321 g/mol. The molecule has 2 nitrogen and oxygen atoms in total. The zero-order valence-electron chi connectivity index (χ0n) is 15.0. The van der Waals surface area contributed by atoms with Crippen LogP contribution in [0.4, 0.5) is 0 Å². The maximum absolute atomic E-state index is 10.4. The Hall–Kier alpha value is -0.530. The molecule has 6 atom stereocenters. The normalized spacial score (nSPS) is 37.6. The topological polar surface area (TPSA) is 37.3 Å². The van der Waals surface area contributed by atoms with E-state index in [2.05, 4.69) is 6.92 Å². The molecule has 0 amide bonds. The maximum Gasteiger partial charge on any atom is 0.303 e. The Balaban J connectivity index is 1.13. The summed E-state index contributed by atoms with van der Waals surface area (Å²) >= 11 is 0. The van der Waals surface area contributed by atoms with Crippen LogP contribution in [-0.4, -0.2) is 11.1 Å². The summed E-state index contributed by atoms with van der Waals surface area (Å²) in [4.78, 5) is 10.4. The van der Waals surface area contributed by atoms with Gasteiger partial charge in [0.2, 0.25) is 0 Å². The predicted molar refractivity (Wildman–Crippen MR) is 94.3 cm³/mol. The highest BCUT2D eigenvalue weighted by molar-refractivity contribution is 5.66. The van der Waals surface area contributed by atoms with Crippen LogP contribution in [0.5, 0.6) is 0 Å². The lowest BCUT2D eigenvalue weighted by molar-refractivity contribution is -0.137. The molecule has 0 heterocycles. The molecule has 0 saturated heterocycles. The molecule has 1 N–H and O–H groups in total. The quantitative estimate of drug-likeness (QED) is 0.429. The maximum atomic E-state index is 10.4. The lowest BCUT2D eigenvalue weighted by atomic mass is 10.0. The number of carboxylic acids is 1. The Bertz CT molecular complexity index is 391. The van der Waals surface area contributed by atoms with Crippen molar-refractivity contribution in [2.75, 3.05) is 0 Å². The van der Waals surface area contributed by atoms with Crippen molar-refractivity contribution >= 4 is 5.97 Å². The SMILES string of the molecule is CC[C@@H]1C[C@@H]1CC1CC1C[C@H]1CC1CCCCCCCC(=O)O. The van der Waals surface area contributed by atoms with Crippen molar-refractivity contribution in [1.29, 1.82) is 0 Å². The van der Waals surface area contributed by atoms with Crippen LogP contribution < -0.4 is 0 Å². The zero-order chi connectivity index (χ0) is 16.2. The van der Waals surface area contributed by atoms with Gasteiger partial charge in [0.25, 0.3) is 0 Å². The molecule has 0 aromatic carbocycles. The van der Waals surface area contributed by atoms with Gasteiger partial charge in [-0.15, -0.1) is 0 Å². The molecule has 0 bridgehead atoms. The third-order valence-corrected chi connectivity index (χ3v) is 6.91. The standard InChI is InChI=1S/C21H36O2/c1-2-15-10-17(15)12-19-14-20(19)13-18-11-16(18)8-6-4-3-5-7-9-21(22)23/h15-20H,2-14H2,1H3,(H,22,23)/t15-,16?,17-,18-,19?,20?/m1/s1. The van der Waals surface area contributed by atoms with Gasteiger partial charge in [-0.25, -0.2) is 0 Å². The minimum atomic E-state index is -0.642. The van der Waals surface area contributed by atoms with Gasteiger partial charge < -0.3 is 5.11 Å². The van der Waals surface area contributed by atoms with Crippen molar-refractivity contribution in [1.82, 2.24) is 0 Å². The molecular formula is C21H36O2. The minimum Gasteiger partial charge on any atom is -0.481 e. The van der Waals surface area contributed by atoms with Crippen molar-refractivity contribution in [3.63, 3.8) is 0 Å². The Kier molecular flexibility index (Phi) is 6.04. The van der Waals surface area contributed by atoms with E-state index in [-0.39, 0.29) is 0 Å². The van der Waals surface area contributed by atoms with Crippen molar-refractivity contribution in [3.8, 4) is 0 Å². The summed E-state index contributed by atoms with van der Waals surface area (Å²) in [6.07, 6.45) is 16.8. The first-order chi connectivity index (χ1) is 11.2. The summed E-state index contributed by atoms with van der Waals surface area (Å²) in [6, 6.07) is 0. The monoisotopic (exact) mass is 320 g/mol. The molecule has 3 aliphatic carbocycles. The van der Waals surface area contributed by atoms with Gasteiger partial charge in [-0.3, -0.25) is 4.79 Å². The fourth-order valence-corrected chi connectivity index (χ4v) is 4.93. The van der Waals surface area contributed by atoms with Gasteiger partial charge in [0.15, 0.2) is 0 Å². The summed E-state index contributed by atoms with van der Waals surface area (Å²) < 4.78 is 0. The highest BCUT2D eigenvalue weighted by Gasteiger charge is 2.48. The molecule has 0 aliphatic heterocycles.